The summed E-state index contributed by atoms with van der Waals surface area (Å²) < 4.78 is 0. The first-order valence-corrected chi connectivity index (χ1v) is 6.86. The summed E-state index contributed by atoms with van der Waals surface area (Å²) in [5.74, 6) is 1.74. The van der Waals surface area contributed by atoms with Gasteiger partial charge in [0.2, 0.25) is 0 Å². The molecule has 1 fully saturated rings. The summed E-state index contributed by atoms with van der Waals surface area (Å²) in [7, 11) is 0. The maximum absolute atomic E-state index is 5.68. The van der Waals surface area contributed by atoms with Gasteiger partial charge in [-0.05, 0) is 56.7 Å². The predicted octanol–water partition coefficient (Wildman–Crippen LogP) is 3.76. The molecule has 0 radical (unpaired) electrons. The molecule has 0 spiro atoms. The van der Waals surface area contributed by atoms with E-state index >= 15 is 0 Å². The fourth-order valence-electron chi connectivity index (χ4n) is 2.45. The van der Waals surface area contributed by atoms with Crippen LogP contribution in [-0.2, 0) is 0 Å². The molecule has 90 valence electrons. The molecule has 2 heteroatoms. The second-order valence-electron chi connectivity index (χ2n) is 5.88. The summed E-state index contributed by atoms with van der Waals surface area (Å²) in [5.41, 5.74) is 0.502. The molecule has 0 saturated carbocycles. The predicted molar refractivity (Wildman–Crippen MR) is 68.6 cm³/mol. The van der Waals surface area contributed by atoms with Crippen LogP contribution in [0, 0.1) is 11.3 Å². The van der Waals surface area contributed by atoms with E-state index < -0.39 is 0 Å². The number of halogens is 1. The fraction of sp³-hybridized carbons (Fsp3) is 1.00. The molecule has 1 saturated heterocycles. The van der Waals surface area contributed by atoms with Crippen LogP contribution in [-0.4, -0.2) is 30.4 Å². The lowest BCUT2D eigenvalue weighted by Crippen LogP contribution is -2.38. The summed E-state index contributed by atoms with van der Waals surface area (Å²) in [4.78, 5) is 2.61. The molecule has 0 bridgehead atoms. The SMILES string of the molecule is CC(C)(C)C1CCN(CCCCCl)CC1. The van der Waals surface area contributed by atoms with Crippen LogP contribution in [0.15, 0.2) is 0 Å². The highest BCUT2D eigenvalue weighted by Gasteiger charge is 2.28. The topological polar surface area (TPSA) is 3.24 Å². The van der Waals surface area contributed by atoms with Crippen LogP contribution in [0.3, 0.4) is 0 Å². The Morgan fingerprint density at radius 3 is 2.20 bits per heavy atom. The third-order valence-electron chi connectivity index (χ3n) is 3.67. The van der Waals surface area contributed by atoms with Crippen molar-refractivity contribution in [2.24, 2.45) is 11.3 Å². The normalized spacial score (nSPS) is 20.8. The number of likely N-dealkylation sites (tertiary alicyclic amines) is 1. The number of alkyl halides is 1. The third-order valence-corrected chi connectivity index (χ3v) is 3.94. The van der Waals surface area contributed by atoms with Gasteiger partial charge in [-0.2, -0.15) is 0 Å². The molecule has 0 amide bonds. The standard InChI is InChI=1S/C13H26ClN/c1-13(2,3)12-6-10-15(11-7-12)9-5-4-8-14/h12H,4-11H2,1-3H3. The van der Waals surface area contributed by atoms with Crippen molar-refractivity contribution in [2.45, 2.75) is 46.5 Å². The van der Waals surface area contributed by atoms with E-state index in [9.17, 15) is 0 Å². The summed E-state index contributed by atoms with van der Waals surface area (Å²) in [6.07, 6.45) is 5.19. The van der Waals surface area contributed by atoms with Gasteiger partial charge in [-0.1, -0.05) is 20.8 Å². The van der Waals surface area contributed by atoms with E-state index in [2.05, 4.69) is 25.7 Å². The zero-order valence-corrected chi connectivity index (χ0v) is 11.3. The molecule has 1 aliphatic heterocycles. The van der Waals surface area contributed by atoms with Crippen molar-refractivity contribution >= 4 is 11.6 Å². The van der Waals surface area contributed by atoms with Gasteiger partial charge in [-0.3, -0.25) is 0 Å². The van der Waals surface area contributed by atoms with Gasteiger partial charge >= 0.3 is 0 Å². The van der Waals surface area contributed by atoms with E-state index in [0.717, 1.165) is 11.8 Å². The Bertz CT molecular complexity index is 166. The molecular weight excluding hydrogens is 206 g/mol. The Hall–Kier alpha value is 0.250. The average Bonchev–Trinajstić information content (AvgIpc) is 2.18. The molecule has 0 unspecified atom stereocenters. The smallest absolute Gasteiger partial charge is 0.0223 e. The highest BCUT2D eigenvalue weighted by molar-refractivity contribution is 6.17. The minimum atomic E-state index is 0.502. The quantitative estimate of drug-likeness (QED) is 0.526. The van der Waals surface area contributed by atoms with Gasteiger partial charge in [0.15, 0.2) is 0 Å². The number of rotatable bonds is 4. The van der Waals surface area contributed by atoms with E-state index in [-0.39, 0.29) is 0 Å². The van der Waals surface area contributed by atoms with E-state index in [4.69, 9.17) is 11.6 Å². The van der Waals surface area contributed by atoms with Crippen molar-refractivity contribution in [2.75, 3.05) is 25.5 Å². The lowest BCUT2D eigenvalue weighted by Gasteiger charge is -2.38. The van der Waals surface area contributed by atoms with Crippen molar-refractivity contribution in [3.8, 4) is 0 Å². The molecule has 1 heterocycles. The maximum atomic E-state index is 5.68. The van der Waals surface area contributed by atoms with Crippen molar-refractivity contribution in [3.05, 3.63) is 0 Å². The van der Waals surface area contributed by atoms with E-state index in [0.29, 0.717) is 5.41 Å². The fourth-order valence-corrected chi connectivity index (χ4v) is 2.64. The first-order chi connectivity index (χ1) is 7.04. The van der Waals surface area contributed by atoms with Crippen molar-refractivity contribution in [1.29, 1.82) is 0 Å². The van der Waals surface area contributed by atoms with Crippen LogP contribution in [0.5, 0.6) is 0 Å². The lowest BCUT2D eigenvalue weighted by atomic mass is 9.75. The summed E-state index contributed by atoms with van der Waals surface area (Å²) in [6.45, 7) is 11.0. The van der Waals surface area contributed by atoms with Crippen LogP contribution in [0.25, 0.3) is 0 Å². The first-order valence-electron chi connectivity index (χ1n) is 6.32. The molecule has 1 aliphatic rings. The van der Waals surface area contributed by atoms with Gasteiger partial charge in [0.1, 0.15) is 0 Å². The van der Waals surface area contributed by atoms with Gasteiger partial charge in [-0.15, -0.1) is 11.6 Å². The molecular formula is C13H26ClN. The molecule has 0 aromatic heterocycles. The molecule has 0 aromatic carbocycles. The minimum absolute atomic E-state index is 0.502. The number of piperidine rings is 1. The van der Waals surface area contributed by atoms with Gasteiger partial charge in [-0.25, -0.2) is 0 Å². The second-order valence-corrected chi connectivity index (χ2v) is 6.26. The molecule has 1 rings (SSSR count). The Kier molecular flexibility index (Phi) is 5.42. The van der Waals surface area contributed by atoms with Crippen LogP contribution in [0.1, 0.15) is 46.5 Å². The van der Waals surface area contributed by atoms with Crippen LogP contribution < -0.4 is 0 Å². The van der Waals surface area contributed by atoms with Crippen molar-refractivity contribution in [3.63, 3.8) is 0 Å². The Balaban J connectivity index is 2.18. The van der Waals surface area contributed by atoms with Crippen LogP contribution in [0.2, 0.25) is 0 Å². The second kappa shape index (κ2) is 6.10. The van der Waals surface area contributed by atoms with Crippen molar-refractivity contribution < 1.29 is 0 Å². The lowest BCUT2D eigenvalue weighted by molar-refractivity contribution is 0.111. The van der Waals surface area contributed by atoms with E-state index in [1.807, 2.05) is 0 Å². The van der Waals surface area contributed by atoms with Gasteiger partial charge in [0.05, 0.1) is 0 Å². The monoisotopic (exact) mass is 231 g/mol. The molecule has 0 atom stereocenters. The van der Waals surface area contributed by atoms with Crippen molar-refractivity contribution in [1.82, 2.24) is 4.90 Å². The average molecular weight is 232 g/mol. The maximum Gasteiger partial charge on any atom is 0.0223 e. The highest BCUT2D eigenvalue weighted by atomic mass is 35.5. The van der Waals surface area contributed by atoms with E-state index in [1.54, 1.807) is 0 Å². The number of nitrogens with zero attached hydrogens (tertiary/aromatic N) is 1. The summed E-state index contributed by atoms with van der Waals surface area (Å²) in [6, 6.07) is 0. The molecule has 15 heavy (non-hydrogen) atoms. The zero-order chi connectivity index (χ0) is 11.3. The third kappa shape index (κ3) is 4.74. The van der Waals surface area contributed by atoms with Gasteiger partial charge in [0, 0.05) is 5.88 Å². The first kappa shape index (κ1) is 13.3. The molecule has 0 aliphatic carbocycles. The largest absolute Gasteiger partial charge is 0.303 e. The summed E-state index contributed by atoms with van der Waals surface area (Å²) in [5, 5.41) is 0. The van der Waals surface area contributed by atoms with Gasteiger partial charge < -0.3 is 4.90 Å². The molecule has 0 N–H and O–H groups in total. The zero-order valence-electron chi connectivity index (χ0n) is 10.6. The Morgan fingerprint density at radius 2 is 1.73 bits per heavy atom. The number of hydrogen-bond acceptors (Lipinski definition) is 1. The van der Waals surface area contributed by atoms with Gasteiger partial charge in [0.25, 0.3) is 0 Å². The van der Waals surface area contributed by atoms with E-state index in [1.165, 1.54) is 45.3 Å². The molecule has 0 aromatic rings. The highest BCUT2D eigenvalue weighted by Crippen LogP contribution is 2.34. The van der Waals surface area contributed by atoms with Crippen LogP contribution in [0.4, 0.5) is 0 Å². The number of unbranched alkanes of at least 4 members (excludes halogenated alkanes) is 1. The Morgan fingerprint density at radius 1 is 1.13 bits per heavy atom. The Labute approximate surface area is 100 Å². The number of hydrogen-bond donors (Lipinski definition) is 0. The molecule has 1 nitrogen and oxygen atoms in total. The van der Waals surface area contributed by atoms with Crippen LogP contribution >= 0.6 is 11.6 Å². The minimum Gasteiger partial charge on any atom is -0.303 e. The summed E-state index contributed by atoms with van der Waals surface area (Å²) >= 11 is 5.68.